The zero-order chi connectivity index (χ0) is 16.3. The molecule has 2 rings (SSSR count). The summed E-state index contributed by atoms with van der Waals surface area (Å²) in [6, 6.07) is 11.2. The van der Waals surface area contributed by atoms with Crippen LogP contribution in [-0.4, -0.2) is 19.2 Å². The summed E-state index contributed by atoms with van der Waals surface area (Å²) in [5.74, 6) is 6.54. The molecule has 2 aromatic rings. The Morgan fingerprint density at radius 3 is 2.91 bits per heavy atom. The highest BCUT2D eigenvalue weighted by Gasteiger charge is 2.00. The number of carbonyl (C=O) groups excluding carboxylic acids is 1. The number of allylic oxidation sites excluding steroid dienone is 1. The third kappa shape index (κ3) is 5.89. The number of para-hydroxylation sites is 1. The van der Waals surface area contributed by atoms with Gasteiger partial charge in [-0.3, -0.25) is 5.32 Å². The van der Waals surface area contributed by atoms with Gasteiger partial charge in [0.05, 0.1) is 11.5 Å². The largest absolute Gasteiger partial charge is 0.481 e. The van der Waals surface area contributed by atoms with Crippen LogP contribution in [-0.2, 0) is 6.42 Å². The van der Waals surface area contributed by atoms with Crippen LogP contribution in [0.25, 0.3) is 0 Å². The van der Waals surface area contributed by atoms with E-state index in [1.807, 2.05) is 47.9 Å². The van der Waals surface area contributed by atoms with E-state index in [2.05, 4.69) is 29.1 Å². The van der Waals surface area contributed by atoms with Crippen LogP contribution in [0.3, 0.4) is 0 Å². The molecule has 0 aliphatic rings. The molecule has 0 aliphatic carbocycles. The number of hydrogen-bond acceptors (Lipinski definition) is 3. The smallest absolute Gasteiger partial charge is 0.320 e. The highest BCUT2D eigenvalue weighted by molar-refractivity contribution is 7.14. The minimum atomic E-state index is -0.265. The lowest BCUT2D eigenvalue weighted by atomic mass is 10.1. The lowest BCUT2D eigenvalue weighted by Gasteiger charge is -2.07. The maximum Gasteiger partial charge on any atom is 0.320 e. The van der Waals surface area contributed by atoms with Crippen molar-refractivity contribution in [3.05, 3.63) is 60.0 Å². The van der Waals surface area contributed by atoms with E-state index >= 15 is 0 Å². The van der Waals surface area contributed by atoms with Gasteiger partial charge in [0.1, 0.15) is 12.4 Å². The van der Waals surface area contributed by atoms with Crippen molar-refractivity contribution in [2.45, 2.75) is 6.42 Å². The molecule has 2 N–H and O–H groups in total. The fraction of sp³-hybridized carbons (Fsp3) is 0.167. The normalized spacial score (nSPS) is 9.39. The molecule has 23 heavy (non-hydrogen) atoms. The number of hydrogen-bond donors (Lipinski definition) is 2. The summed E-state index contributed by atoms with van der Waals surface area (Å²) < 4.78 is 5.63. The highest BCUT2D eigenvalue weighted by atomic mass is 32.1. The maximum atomic E-state index is 11.6. The van der Waals surface area contributed by atoms with E-state index < -0.39 is 0 Å². The summed E-state index contributed by atoms with van der Waals surface area (Å²) in [6.45, 7) is 4.28. The first-order valence-corrected chi connectivity index (χ1v) is 8.03. The van der Waals surface area contributed by atoms with Crippen molar-refractivity contribution in [1.82, 2.24) is 5.32 Å². The first-order valence-electron chi connectivity index (χ1n) is 7.15. The van der Waals surface area contributed by atoms with Crippen LogP contribution in [0.1, 0.15) is 5.56 Å². The van der Waals surface area contributed by atoms with Crippen molar-refractivity contribution in [2.75, 3.05) is 18.5 Å². The SMILES string of the molecule is C=CCc1ccccc1OCC#CCNC(=O)Nc1cccs1. The van der Waals surface area contributed by atoms with Crippen molar-refractivity contribution in [2.24, 2.45) is 0 Å². The summed E-state index contributed by atoms with van der Waals surface area (Å²) in [5, 5.41) is 8.09. The molecule has 0 unspecified atom stereocenters. The molecule has 0 radical (unpaired) electrons. The average Bonchev–Trinajstić information content (AvgIpc) is 3.05. The summed E-state index contributed by atoms with van der Waals surface area (Å²) in [4.78, 5) is 11.6. The van der Waals surface area contributed by atoms with Gasteiger partial charge >= 0.3 is 6.03 Å². The lowest BCUT2D eigenvalue weighted by Crippen LogP contribution is -2.28. The number of amides is 2. The number of urea groups is 1. The Kier molecular flexibility index (Phi) is 6.76. The van der Waals surface area contributed by atoms with Gasteiger partial charge in [-0.1, -0.05) is 36.1 Å². The quantitative estimate of drug-likeness (QED) is 0.628. The van der Waals surface area contributed by atoms with Crippen LogP contribution < -0.4 is 15.4 Å². The molecule has 5 heteroatoms. The third-order valence-electron chi connectivity index (χ3n) is 2.86. The van der Waals surface area contributed by atoms with Crippen molar-refractivity contribution >= 4 is 22.4 Å². The molecule has 1 aromatic carbocycles. The van der Waals surface area contributed by atoms with Crippen LogP contribution in [0.2, 0.25) is 0 Å². The predicted molar refractivity (Wildman–Crippen MR) is 95.0 cm³/mol. The fourth-order valence-corrected chi connectivity index (χ4v) is 2.44. The molecule has 0 fully saturated rings. The molecule has 2 amide bonds. The molecule has 0 atom stereocenters. The highest BCUT2D eigenvalue weighted by Crippen LogP contribution is 2.18. The Hall–Kier alpha value is -2.71. The van der Waals surface area contributed by atoms with E-state index in [1.165, 1.54) is 11.3 Å². The summed E-state index contributed by atoms with van der Waals surface area (Å²) >= 11 is 1.47. The first-order chi connectivity index (χ1) is 11.3. The number of benzene rings is 1. The Morgan fingerprint density at radius 2 is 2.13 bits per heavy atom. The van der Waals surface area contributed by atoms with E-state index in [0.717, 1.165) is 22.7 Å². The summed E-state index contributed by atoms with van der Waals surface area (Å²) in [7, 11) is 0. The Bertz CT molecular complexity index is 699. The average molecular weight is 326 g/mol. The number of rotatable bonds is 6. The molecule has 1 heterocycles. The Balaban J connectivity index is 1.70. The standard InChI is InChI=1S/C18H18N2O2S/c1-2-8-15-9-3-4-10-16(15)22-13-6-5-12-19-18(21)20-17-11-7-14-23-17/h2-4,7,9-11,14H,1,8,12-13H2,(H2,19,20,21). The van der Waals surface area contributed by atoms with E-state index in [9.17, 15) is 4.79 Å². The number of ether oxygens (including phenoxy) is 1. The van der Waals surface area contributed by atoms with Crippen molar-refractivity contribution in [1.29, 1.82) is 0 Å². The molecular formula is C18H18N2O2S. The van der Waals surface area contributed by atoms with Gasteiger partial charge in [-0.15, -0.1) is 17.9 Å². The van der Waals surface area contributed by atoms with Gasteiger partial charge in [-0.2, -0.15) is 0 Å². The molecule has 0 aliphatic heterocycles. The maximum absolute atomic E-state index is 11.6. The molecule has 0 spiro atoms. The number of thiophene rings is 1. The Morgan fingerprint density at radius 1 is 1.26 bits per heavy atom. The molecular weight excluding hydrogens is 308 g/mol. The zero-order valence-corrected chi connectivity index (χ0v) is 13.5. The fourth-order valence-electron chi connectivity index (χ4n) is 1.83. The van der Waals surface area contributed by atoms with Gasteiger partial charge in [0.25, 0.3) is 0 Å². The van der Waals surface area contributed by atoms with Crippen LogP contribution >= 0.6 is 11.3 Å². The van der Waals surface area contributed by atoms with Gasteiger partial charge in [-0.25, -0.2) is 4.79 Å². The molecule has 0 saturated heterocycles. The molecule has 4 nitrogen and oxygen atoms in total. The topological polar surface area (TPSA) is 50.4 Å². The second kappa shape index (κ2) is 9.34. The van der Waals surface area contributed by atoms with Crippen LogP contribution in [0.15, 0.2) is 54.4 Å². The van der Waals surface area contributed by atoms with Crippen molar-refractivity contribution in [3.8, 4) is 17.6 Å². The van der Waals surface area contributed by atoms with Crippen molar-refractivity contribution < 1.29 is 9.53 Å². The summed E-state index contributed by atoms with van der Waals surface area (Å²) in [6.07, 6.45) is 2.60. The number of anilines is 1. The molecule has 1 aromatic heterocycles. The minimum Gasteiger partial charge on any atom is -0.481 e. The van der Waals surface area contributed by atoms with E-state index in [-0.39, 0.29) is 19.2 Å². The van der Waals surface area contributed by atoms with E-state index in [1.54, 1.807) is 0 Å². The Labute approximate surface area is 140 Å². The van der Waals surface area contributed by atoms with Gasteiger partial charge < -0.3 is 10.1 Å². The van der Waals surface area contributed by atoms with Gasteiger partial charge in [0.15, 0.2) is 0 Å². The minimum absolute atomic E-state index is 0.265. The molecule has 0 saturated carbocycles. The van der Waals surface area contributed by atoms with Gasteiger partial charge in [0, 0.05) is 0 Å². The van der Waals surface area contributed by atoms with Crippen LogP contribution in [0.4, 0.5) is 9.80 Å². The second-order valence-corrected chi connectivity index (χ2v) is 5.48. The second-order valence-electron chi connectivity index (χ2n) is 4.53. The number of carbonyl (C=O) groups is 1. The molecule has 0 bridgehead atoms. The van der Waals surface area contributed by atoms with Crippen LogP contribution in [0.5, 0.6) is 5.75 Å². The van der Waals surface area contributed by atoms with Gasteiger partial charge in [-0.05, 0) is 35.6 Å². The predicted octanol–water partition coefficient (Wildman–Crippen LogP) is 3.68. The van der Waals surface area contributed by atoms with E-state index in [0.29, 0.717) is 0 Å². The first kappa shape index (κ1) is 16.7. The monoisotopic (exact) mass is 326 g/mol. The van der Waals surface area contributed by atoms with E-state index in [4.69, 9.17) is 4.74 Å². The number of nitrogens with one attached hydrogen (secondary N) is 2. The third-order valence-corrected chi connectivity index (χ3v) is 3.64. The summed E-state index contributed by atoms with van der Waals surface area (Å²) in [5.41, 5.74) is 1.08. The van der Waals surface area contributed by atoms with Crippen molar-refractivity contribution in [3.63, 3.8) is 0 Å². The molecule has 118 valence electrons. The van der Waals surface area contributed by atoms with Crippen LogP contribution in [0, 0.1) is 11.8 Å². The van der Waals surface area contributed by atoms with Gasteiger partial charge in [0.2, 0.25) is 0 Å². The zero-order valence-electron chi connectivity index (χ0n) is 12.7. The lowest BCUT2D eigenvalue weighted by molar-refractivity contribution is 0.253.